The van der Waals surface area contributed by atoms with Crippen LogP contribution in [-0.4, -0.2) is 23.7 Å². The average Bonchev–Trinajstić information content (AvgIpc) is 2.54. The van der Waals surface area contributed by atoms with Gasteiger partial charge < -0.3 is 4.74 Å². The molecular formula is C15H11ClFN3O4. The molecule has 2 rings (SSSR count). The van der Waals surface area contributed by atoms with E-state index < -0.39 is 16.6 Å². The van der Waals surface area contributed by atoms with E-state index in [-0.39, 0.29) is 17.9 Å². The summed E-state index contributed by atoms with van der Waals surface area (Å²) in [5.41, 5.74) is 2.12. The lowest BCUT2D eigenvalue weighted by Crippen LogP contribution is -2.24. The summed E-state index contributed by atoms with van der Waals surface area (Å²) in [4.78, 5) is 21.9. The molecule has 0 unspecified atom stereocenters. The number of nitrogens with zero attached hydrogens (tertiary/aromatic N) is 2. The zero-order valence-electron chi connectivity index (χ0n) is 12.1. The number of amides is 1. The van der Waals surface area contributed by atoms with Gasteiger partial charge in [-0.25, -0.2) is 9.82 Å². The standard InChI is InChI=1S/C15H11ClFN3O4/c16-11-1-6-14(20(22)23)10(7-11)8-18-19-15(21)9-24-13-4-2-12(17)3-5-13/h1-8H,9H2,(H,19,21)/b18-8+. The van der Waals surface area contributed by atoms with Gasteiger partial charge in [0.2, 0.25) is 0 Å². The zero-order valence-corrected chi connectivity index (χ0v) is 12.9. The Labute approximate surface area is 140 Å². The first-order valence-electron chi connectivity index (χ1n) is 6.60. The minimum absolute atomic E-state index is 0.146. The fourth-order valence-corrected chi connectivity index (χ4v) is 1.86. The Morgan fingerprint density at radius 3 is 2.71 bits per heavy atom. The zero-order chi connectivity index (χ0) is 17.5. The lowest BCUT2D eigenvalue weighted by molar-refractivity contribution is -0.385. The normalized spacial score (nSPS) is 10.6. The van der Waals surface area contributed by atoms with Crippen molar-refractivity contribution >= 4 is 29.4 Å². The summed E-state index contributed by atoms with van der Waals surface area (Å²) in [6.45, 7) is -0.347. The fourth-order valence-electron chi connectivity index (χ4n) is 1.68. The maximum atomic E-state index is 12.7. The number of hydrogen-bond acceptors (Lipinski definition) is 5. The van der Waals surface area contributed by atoms with Crippen LogP contribution in [0, 0.1) is 15.9 Å². The van der Waals surface area contributed by atoms with Gasteiger partial charge in [-0.05, 0) is 36.4 Å². The van der Waals surface area contributed by atoms with E-state index in [1.807, 2.05) is 0 Å². The Hall–Kier alpha value is -3.00. The van der Waals surface area contributed by atoms with Crippen LogP contribution in [0.5, 0.6) is 5.75 Å². The van der Waals surface area contributed by atoms with Gasteiger partial charge in [0.15, 0.2) is 6.61 Å². The van der Waals surface area contributed by atoms with Crippen LogP contribution in [0.15, 0.2) is 47.6 Å². The van der Waals surface area contributed by atoms with E-state index >= 15 is 0 Å². The second-order valence-corrected chi connectivity index (χ2v) is 4.93. The van der Waals surface area contributed by atoms with Crippen LogP contribution in [0.1, 0.15) is 5.56 Å². The molecule has 9 heteroatoms. The highest BCUT2D eigenvalue weighted by atomic mass is 35.5. The first kappa shape index (κ1) is 17.4. The molecule has 0 saturated heterocycles. The SMILES string of the molecule is O=C(COc1ccc(F)cc1)N/N=C/c1cc(Cl)ccc1[N+](=O)[O-]. The molecule has 24 heavy (non-hydrogen) atoms. The molecule has 0 aliphatic heterocycles. The van der Waals surface area contributed by atoms with Gasteiger partial charge in [0, 0.05) is 11.1 Å². The predicted molar refractivity (Wildman–Crippen MR) is 85.7 cm³/mol. The third kappa shape index (κ3) is 5.03. The van der Waals surface area contributed by atoms with E-state index in [1.165, 1.54) is 42.5 Å². The van der Waals surface area contributed by atoms with Crippen molar-refractivity contribution in [3.05, 3.63) is 69.0 Å². The van der Waals surface area contributed by atoms with Crippen molar-refractivity contribution in [2.75, 3.05) is 6.61 Å². The maximum Gasteiger partial charge on any atom is 0.278 e. The van der Waals surface area contributed by atoms with Crippen molar-refractivity contribution in [3.8, 4) is 5.75 Å². The number of hydrogen-bond donors (Lipinski definition) is 1. The minimum Gasteiger partial charge on any atom is -0.484 e. The second-order valence-electron chi connectivity index (χ2n) is 4.50. The van der Waals surface area contributed by atoms with Crippen LogP contribution < -0.4 is 10.2 Å². The third-order valence-corrected chi connectivity index (χ3v) is 3.00. The molecule has 0 radical (unpaired) electrons. The lowest BCUT2D eigenvalue weighted by Gasteiger charge is -2.04. The topological polar surface area (TPSA) is 93.8 Å². The third-order valence-electron chi connectivity index (χ3n) is 2.76. The van der Waals surface area contributed by atoms with E-state index in [0.717, 1.165) is 6.21 Å². The molecule has 2 aromatic carbocycles. The maximum absolute atomic E-state index is 12.7. The number of benzene rings is 2. The highest BCUT2D eigenvalue weighted by molar-refractivity contribution is 6.31. The number of hydrazone groups is 1. The number of carbonyl (C=O) groups excluding carboxylic acids is 1. The van der Waals surface area contributed by atoms with Crippen molar-refractivity contribution in [2.24, 2.45) is 5.10 Å². The Balaban J connectivity index is 1.91. The number of nitrogens with one attached hydrogen (secondary N) is 1. The van der Waals surface area contributed by atoms with E-state index in [9.17, 15) is 19.3 Å². The van der Waals surface area contributed by atoms with E-state index in [0.29, 0.717) is 10.8 Å². The van der Waals surface area contributed by atoms with Gasteiger partial charge in [-0.1, -0.05) is 11.6 Å². The first-order chi connectivity index (χ1) is 11.5. The van der Waals surface area contributed by atoms with Crippen LogP contribution in [-0.2, 0) is 4.79 Å². The van der Waals surface area contributed by atoms with Crippen LogP contribution in [0.4, 0.5) is 10.1 Å². The molecule has 1 amide bonds. The van der Waals surface area contributed by atoms with E-state index in [4.69, 9.17) is 16.3 Å². The van der Waals surface area contributed by atoms with Crippen molar-refractivity contribution < 1.29 is 18.8 Å². The van der Waals surface area contributed by atoms with Crippen LogP contribution in [0.3, 0.4) is 0 Å². The summed E-state index contributed by atoms with van der Waals surface area (Å²) in [6, 6.07) is 9.12. The predicted octanol–water partition coefficient (Wildman–Crippen LogP) is 2.92. The minimum atomic E-state index is -0.586. The van der Waals surface area contributed by atoms with Gasteiger partial charge in [-0.15, -0.1) is 0 Å². The lowest BCUT2D eigenvalue weighted by atomic mass is 10.2. The Kier molecular flexibility index (Phi) is 5.80. The molecule has 0 saturated carbocycles. The van der Waals surface area contributed by atoms with Crippen molar-refractivity contribution in [3.63, 3.8) is 0 Å². The Bertz CT molecular complexity index is 781. The molecule has 124 valence electrons. The first-order valence-corrected chi connectivity index (χ1v) is 6.98. The number of nitro benzene ring substituents is 1. The molecule has 0 spiro atoms. The number of rotatable bonds is 6. The summed E-state index contributed by atoms with van der Waals surface area (Å²) in [5.74, 6) is -0.680. The number of nitro groups is 1. The van der Waals surface area contributed by atoms with Crippen LogP contribution in [0.2, 0.25) is 5.02 Å². The van der Waals surface area contributed by atoms with Crippen molar-refractivity contribution in [2.45, 2.75) is 0 Å². The summed E-state index contributed by atoms with van der Waals surface area (Å²) in [7, 11) is 0. The molecule has 0 aliphatic carbocycles. The fraction of sp³-hybridized carbons (Fsp3) is 0.0667. The molecule has 0 aliphatic rings. The van der Waals surface area contributed by atoms with Gasteiger partial charge in [-0.3, -0.25) is 14.9 Å². The molecule has 7 nitrogen and oxygen atoms in total. The van der Waals surface area contributed by atoms with Crippen molar-refractivity contribution in [1.29, 1.82) is 0 Å². The average molecular weight is 352 g/mol. The smallest absolute Gasteiger partial charge is 0.278 e. The van der Waals surface area contributed by atoms with Gasteiger partial charge in [0.25, 0.3) is 11.6 Å². The summed E-state index contributed by atoms with van der Waals surface area (Å²) < 4.78 is 17.8. The quantitative estimate of drug-likeness (QED) is 0.492. The largest absolute Gasteiger partial charge is 0.484 e. The molecule has 2 aromatic rings. The molecule has 0 fully saturated rings. The molecule has 0 atom stereocenters. The summed E-state index contributed by atoms with van der Waals surface area (Å²) in [6.07, 6.45) is 1.11. The number of halogens is 2. The second kappa shape index (κ2) is 8.02. The molecule has 0 aromatic heterocycles. The highest BCUT2D eigenvalue weighted by Gasteiger charge is 2.12. The Morgan fingerprint density at radius 2 is 2.04 bits per heavy atom. The summed E-state index contributed by atoms with van der Waals surface area (Å²) in [5, 5.41) is 14.8. The van der Waals surface area contributed by atoms with Crippen LogP contribution in [0.25, 0.3) is 0 Å². The number of ether oxygens (including phenoxy) is 1. The van der Waals surface area contributed by atoms with Gasteiger partial charge >= 0.3 is 0 Å². The highest BCUT2D eigenvalue weighted by Crippen LogP contribution is 2.20. The van der Waals surface area contributed by atoms with Crippen molar-refractivity contribution in [1.82, 2.24) is 5.43 Å². The van der Waals surface area contributed by atoms with Gasteiger partial charge in [-0.2, -0.15) is 5.10 Å². The van der Waals surface area contributed by atoms with E-state index in [2.05, 4.69) is 10.5 Å². The van der Waals surface area contributed by atoms with Gasteiger partial charge in [0.05, 0.1) is 16.7 Å². The molecule has 0 bridgehead atoms. The molecule has 0 heterocycles. The van der Waals surface area contributed by atoms with E-state index in [1.54, 1.807) is 0 Å². The summed E-state index contributed by atoms with van der Waals surface area (Å²) >= 11 is 5.77. The Morgan fingerprint density at radius 1 is 1.33 bits per heavy atom. The van der Waals surface area contributed by atoms with Crippen LogP contribution >= 0.6 is 11.6 Å². The molecular weight excluding hydrogens is 341 g/mol. The molecule has 1 N–H and O–H groups in total. The van der Waals surface area contributed by atoms with Gasteiger partial charge in [0.1, 0.15) is 11.6 Å². The monoisotopic (exact) mass is 351 g/mol. The number of carbonyl (C=O) groups is 1.